The Labute approximate surface area is 136 Å². The SMILES string of the molecule is CCCCCCC(=O)OCC(=O)[C@H](C[C@@H]1CCNC1=O)NCl. The van der Waals surface area contributed by atoms with E-state index in [1.807, 2.05) is 0 Å². The van der Waals surface area contributed by atoms with Crippen LogP contribution in [0.5, 0.6) is 0 Å². The Bertz CT molecular complexity index is 390. The van der Waals surface area contributed by atoms with E-state index in [-0.39, 0.29) is 30.2 Å². The predicted octanol–water partition coefficient (Wildman–Crippen LogP) is 1.71. The zero-order valence-corrected chi connectivity index (χ0v) is 13.8. The van der Waals surface area contributed by atoms with Gasteiger partial charge in [0.05, 0.1) is 6.04 Å². The number of carbonyl (C=O) groups excluding carboxylic acids is 3. The quantitative estimate of drug-likeness (QED) is 0.342. The Morgan fingerprint density at radius 3 is 2.77 bits per heavy atom. The van der Waals surface area contributed by atoms with E-state index < -0.39 is 6.04 Å². The maximum Gasteiger partial charge on any atom is 0.306 e. The van der Waals surface area contributed by atoms with Crippen molar-refractivity contribution in [2.45, 2.75) is 57.9 Å². The Balaban J connectivity index is 2.26. The second-order valence-corrected chi connectivity index (χ2v) is 5.83. The van der Waals surface area contributed by atoms with Crippen LogP contribution < -0.4 is 10.2 Å². The molecule has 1 amide bonds. The molecule has 0 saturated carbocycles. The number of carbonyl (C=O) groups is 3. The average Bonchev–Trinajstić information content (AvgIpc) is 2.91. The van der Waals surface area contributed by atoms with Gasteiger partial charge in [-0.25, -0.2) is 4.84 Å². The van der Waals surface area contributed by atoms with Gasteiger partial charge in [0.1, 0.15) is 0 Å². The van der Waals surface area contributed by atoms with E-state index in [1.54, 1.807) is 0 Å². The van der Waals surface area contributed by atoms with E-state index in [0.29, 0.717) is 25.8 Å². The summed E-state index contributed by atoms with van der Waals surface area (Å²) in [5.74, 6) is -0.949. The van der Waals surface area contributed by atoms with Crippen molar-refractivity contribution in [3.05, 3.63) is 0 Å². The molecule has 0 aromatic carbocycles. The summed E-state index contributed by atoms with van der Waals surface area (Å²) < 4.78 is 4.97. The molecule has 1 rings (SSSR count). The number of esters is 1. The second-order valence-electron chi connectivity index (χ2n) is 5.61. The van der Waals surface area contributed by atoms with E-state index in [0.717, 1.165) is 25.7 Å². The summed E-state index contributed by atoms with van der Waals surface area (Å²) in [5.41, 5.74) is 0. The van der Waals surface area contributed by atoms with Crippen molar-refractivity contribution in [1.29, 1.82) is 0 Å². The number of hydrogen-bond donors (Lipinski definition) is 2. The van der Waals surface area contributed by atoms with E-state index in [9.17, 15) is 14.4 Å². The van der Waals surface area contributed by atoms with Gasteiger partial charge in [-0.3, -0.25) is 14.4 Å². The maximum atomic E-state index is 12.0. The summed E-state index contributed by atoms with van der Waals surface area (Å²) in [6.45, 7) is 2.42. The summed E-state index contributed by atoms with van der Waals surface area (Å²) in [6, 6.07) is -0.677. The lowest BCUT2D eigenvalue weighted by Gasteiger charge is -2.16. The molecule has 1 saturated heterocycles. The number of hydrogen-bond acceptors (Lipinski definition) is 5. The van der Waals surface area contributed by atoms with Gasteiger partial charge < -0.3 is 10.1 Å². The summed E-state index contributed by atoms with van der Waals surface area (Å²) in [6.07, 6.45) is 5.31. The van der Waals surface area contributed by atoms with E-state index in [1.165, 1.54) is 0 Å². The molecule has 1 aliphatic heterocycles. The van der Waals surface area contributed by atoms with Gasteiger partial charge in [-0.1, -0.05) is 26.2 Å². The average molecular weight is 333 g/mol. The molecule has 22 heavy (non-hydrogen) atoms. The van der Waals surface area contributed by atoms with Crippen LogP contribution in [0.4, 0.5) is 0 Å². The number of unbranched alkanes of at least 4 members (excludes halogenated alkanes) is 3. The third-order valence-electron chi connectivity index (χ3n) is 3.81. The standard InChI is InChI=1S/C15H25ClN2O4/c1-2-3-4-5-6-14(20)22-10-13(19)12(18-16)9-11-7-8-17-15(11)21/h11-12,18H,2-10H2,1H3,(H,17,21)/t11-,12-/m0/s1. The topological polar surface area (TPSA) is 84.5 Å². The van der Waals surface area contributed by atoms with Crippen molar-refractivity contribution in [3.63, 3.8) is 0 Å². The van der Waals surface area contributed by atoms with Crippen LogP contribution in [0, 0.1) is 5.92 Å². The smallest absolute Gasteiger partial charge is 0.306 e. The molecule has 7 heteroatoms. The first-order chi connectivity index (χ1) is 10.6. The van der Waals surface area contributed by atoms with Crippen LogP contribution in [0.25, 0.3) is 0 Å². The number of halogens is 1. The number of nitrogens with one attached hydrogen (secondary N) is 2. The normalized spacial score (nSPS) is 18.8. The van der Waals surface area contributed by atoms with Gasteiger partial charge in [0, 0.05) is 18.9 Å². The minimum absolute atomic E-state index is 0.0577. The lowest BCUT2D eigenvalue weighted by atomic mass is 9.97. The summed E-state index contributed by atoms with van der Waals surface area (Å²) in [5, 5.41) is 2.72. The van der Waals surface area contributed by atoms with Gasteiger partial charge in [-0.2, -0.15) is 0 Å². The van der Waals surface area contributed by atoms with Crippen molar-refractivity contribution in [1.82, 2.24) is 10.2 Å². The Morgan fingerprint density at radius 1 is 1.41 bits per heavy atom. The molecule has 6 nitrogen and oxygen atoms in total. The van der Waals surface area contributed by atoms with Gasteiger partial charge in [0.2, 0.25) is 5.91 Å². The van der Waals surface area contributed by atoms with Crippen molar-refractivity contribution >= 4 is 29.4 Å². The zero-order valence-electron chi connectivity index (χ0n) is 13.0. The third-order valence-corrected chi connectivity index (χ3v) is 4.08. The van der Waals surface area contributed by atoms with Gasteiger partial charge >= 0.3 is 5.97 Å². The maximum absolute atomic E-state index is 12.0. The molecule has 1 aliphatic rings. The summed E-state index contributed by atoms with van der Waals surface area (Å²) in [7, 11) is 0. The number of Topliss-reactive ketones (excluding diaryl/α,β-unsaturated/α-hetero) is 1. The fourth-order valence-corrected chi connectivity index (χ4v) is 2.62. The second kappa shape index (κ2) is 10.6. The molecule has 2 atom stereocenters. The van der Waals surface area contributed by atoms with Crippen LogP contribution in [0.15, 0.2) is 0 Å². The van der Waals surface area contributed by atoms with Crippen molar-refractivity contribution in [3.8, 4) is 0 Å². The first kappa shape index (κ1) is 18.9. The molecule has 0 aliphatic carbocycles. The molecule has 0 bridgehead atoms. The number of amides is 1. The number of ether oxygens (including phenoxy) is 1. The van der Waals surface area contributed by atoms with Crippen LogP contribution in [-0.4, -0.2) is 36.9 Å². The van der Waals surface area contributed by atoms with E-state index in [4.69, 9.17) is 16.5 Å². The molecule has 2 N–H and O–H groups in total. The molecular formula is C15H25ClN2O4. The molecule has 0 spiro atoms. The lowest BCUT2D eigenvalue weighted by molar-refractivity contribution is -0.148. The highest BCUT2D eigenvalue weighted by Gasteiger charge is 2.30. The van der Waals surface area contributed by atoms with E-state index >= 15 is 0 Å². The van der Waals surface area contributed by atoms with Gasteiger partial charge in [-0.15, -0.1) is 0 Å². The number of rotatable bonds is 11. The molecule has 1 heterocycles. The van der Waals surface area contributed by atoms with Crippen LogP contribution in [0.1, 0.15) is 51.9 Å². The Hall–Kier alpha value is -1.14. The fourth-order valence-electron chi connectivity index (χ4n) is 2.41. The first-order valence-electron chi connectivity index (χ1n) is 7.90. The van der Waals surface area contributed by atoms with Gasteiger partial charge in [-0.05, 0) is 31.0 Å². The van der Waals surface area contributed by atoms with Crippen LogP contribution in [0.2, 0.25) is 0 Å². The van der Waals surface area contributed by atoms with Crippen molar-refractivity contribution in [2.75, 3.05) is 13.2 Å². The van der Waals surface area contributed by atoms with E-state index in [2.05, 4.69) is 17.1 Å². The first-order valence-corrected chi connectivity index (χ1v) is 8.28. The van der Waals surface area contributed by atoms with Crippen LogP contribution in [0.3, 0.4) is 0 Å². The van der Waals surface area contributed by atoms with Crippen molar-refractivity contribution in [2.24, 2.45) is 5.92 Å². The monoisotopic (exact) mass is 332 g/mol. The van der Waals surface area contributed by atoms with Crippen molar-refractivity contribution < 1.29 is 19.1 Å². The highest BCUT2D eigenvalue weighted by atomic mass is 35.5. The van der Waals surface area contributed by atoms with Gasteiger partial charge in [0.15, 0.2) is 12.4 Å². The van der Waals surface area contributed by atoms with Crippen LogP contribution >= 0.6 is 11.8 Å². The van der Waals surface area contributed by atoms with Gasteiger partial charge in [0.25, 0.3) is 0 Å². The summed E-state index contributed by atoms with van der Waals surface area (Å²) in [4.78, 5) is 37.4. The highest BCUT2D eigenvalue weighted by molar-refractivity contribution is 6.15. The van der Waals surface area contributed by atoms with Crippen LogP contribution in [-0.2, 0) is 19.1 Å². The molecular weight excluding hydrogens is 308 g/mol. The summed E-state index contributed by atoms with van der Waals surface area (Å²) >= 11 is 5.58. The molecule has 0 unspecified atom stereocenters. The Kier molecular flexibility index (Phi) is 9.08. The molecule has 1 fully saturated rings. The minimum Gasteiger partial charge on any atom is -0.458 e. The third kappa shape index (κ3) is 6.75. The fraction of sp³-hybridized carbons (Fsp3) is 0.800. The Morgan fingerprint density at radius 2 is 2.18 bits per heavy atom. The zero-order chi connectivity index (χ0) is 16.4. The largest absolute Gasteiger partial charge is 0.458 e. The molecule has 0 radical (unpaired) electrons. The molecule has 0 aromatic heterocycles. The highest BCUT2D eigenvalue weighted by Crippen LogP contribution is 2.17. The minimum atomic E-state index is -0.677. The number of ketones is 1. The predicted molar refractivity (Wildman–Crippen MR) is 83.2 cm³/mol. The molecule has 0 aromatic rings. The lowest BCUT2D eigenvalue weighted by Crippen LogP contribution is -2.37. The molecule has 126 valence electrons.